The molecule has 6 heteroatoms. The summed E-state index contributed by atoms with van der Waals surface area (Å²) >= 11 is 5.85. The van der Waals surface area contributed by atoms with E-state index in [4.69, 9.17) is 16.3 Å². The highest BCUT2D eigenvalue weighted by atomic mass is 35.5. The van der Waals surface area contributed by atoms with Gasteiger partial charge in [-0.05, 0) is 60.2 Å². The average Bonchev–Trinajstić information content (AvgIpc) is 3.41. The van der Waals surface area contributed by atoms with Crippen molar-refractivity contribution in [3.63, 3.8) is 0 Å². The largest absolute Gasteiger partial charge is 0.457 e. The molecule has 146 valence electrons. The zero-order valence-corrected chi connectivity index (χ0v) is 16.2. The van der Waals surface area contributed by atoms with Crippen molar-refractivity contribution in [2.75, 3.05) is 4.90 Å². The Labute approximate surface area is 172 Å². The minimum atomic E-state index is -0.468. The van der Waals surface area contributed by atoms with Gasteiger partial charge in [-0.15, -0.1) is 0 Å². The highest BCUT2D eigenvalue weighted by Crippen LogP contribution is 2.53. The van der Waals surface area contributed by atoms with Gasteiger partial charge in [-0.25, -0.2) is 4.79 Å². The molecule has 2 aromatic rings. The zero-order valence-electron chi connectivity index (χ0n) is 15.5. The van der Waals surface area contributed by atoms with Crippen LogP contribution in [0.25, 0.3) is 0 Å². The predicted molar refractivity (Wildman–Crippen MR) is 107 cm³/mol. The summed E-state index contributed by atoms with van der Waals surface area (Å²) in [5.41, 5.74) is 1.70. The molecule has 1 aliphatic heterocycles. The Morgan fingerprint density at radius 2 is 1.52 bits per heavy atom. The summed E-state index contributed by atoms with van der Waals surface area (Å²) in [6.45, 7) is 0.139. The molecule has 2 fully saturated rings. The first-order valence-electron chi connectivity index (χ1n) is 9.61. The van der Waals surface area contributed by atoms with Gasteiger partial charge in [0.1, 0.15) is 6.61 Å². The number of imide groups is 1. The number of rotatable bonds is 4. The van der Waals surface area contributed by atoms with Crippen molar-refractivity contribution in [2.45, 2.75) is 13.0 Å². The van der Waals surface area contributed by atoms with E-state index in [0.29, 0.717) is 16.3 Å². The molecule has 0 aromatic heterocycles. The maximum Gasteiger partial charge on any atom is 0.338 e. The smallest absolute Gasteiger partial charge is 0.338 e. The monoisotopic (exact) mass is 407 g/mol. The van der Waals surface area contributed by atoms with E-state index in [2.05, 4.69) is 12.2 Å². The molecule has 4 atom stereocenters. The van der Waals surface area contributed by atoms with Crippen LogP contribution in [0.4, 0.5) is 5.69 Å². The van der Waals surface area contributed by atoms with Crippen LogP contribution < -0.4 is 4.90 Å². The van der Waals surface area contributed by atoms with Crippen molar-refractivity contribution < 1.29 is 19.1 Å². The Morgan fingerprint density at radius 3 is 2.10 bits per heavy atom. The molecule has 2 aromatic carbocycles. The first kappa shape index (κ1) is 18.1. The fraction of sp³-hybridized carbons (Fsp3) is 0.261. The molecular formula is C23H18ClNO4. The number of ether oxygens (including phenoxy) is 1. The molecule has 5 nitrogen and oxygen atoms in total. The second-order valence-corrected chi connectivity index (χ2v) is 8.20. The minimum absolute atomic E-state index is 0.130. The van der Waals surface area contributed by atoms with E-state index < -0.39 is 5.97 Å². The molecule has 1 saturated heterocycles. The maximum absolute atomic E-state index is 12.9. The van der Waals surface area contributed by atoms with Crippen LogP contribution in [0.3, 0.4) is 0 Å². The van der Waals surface area contributed by atoms with Crippen molar-refractivity contribution in [3.05, 3.63) is 76.8 Å². The number of halogens is 1. The highest BCUT2D eigenvalue weighted by molar-refractivity contribution is 6.30. The molecule has 5 rings (SSSR count). The SMILES string of the molecule is O=C(OCc1ccc(Cl)cc1)c1ccc(N2C(=O)[C@@H]3[C@@H](C2=O)[C@H]2C=C[C@H]3C2)cc1. The van der Waals surface area contributed by atoms with E-state index in [1.807, 2.05) is 0 Å². The quantitative estimate of drug-likeness (QED) is 0.436. The zero-order chi connectivity index (χ0) is 20.1. The molecule has 2 bridgehead atoms. The average molecular weight is 408 g/mol. The molecule has 0 radical (unpaired) electrons. The standard InChI is InChI=1S/C23H18ClNO4/c24-17-7-1-13(2-8-17)12-29-23(28)14-5-9-18(10-6-14)25-21(26)19-15-3-4-16(11-15)20(19)22(25)27/h1-10,15-16,19-20H,11-12H2/t15-,16-,19-,20-/m0/s1. The molecule has 3 aliphatic rings. The summed E-state index contributed by atoms with van der Waals surface area (Å²) in [6.07, 6.45) is 5.04. The first-order chi connectivity index (χ1) is 14.0. The number of carbonyl (C=O) groups excluding carboxylic acids is 3. The van der Waals surface area contributed by atoms with Crippen molar-refractivity contribution in [3.8, 4) is 0 Å². The molecule has 0 N–H and O–H groups in total. The van der Waals surface area contributed by atoms with Gasteiger partial charge in [0.15, 0.2) is 0 Å². The first-order valence-corrected chi connectivity index (χ1v) is 9.98. The molecule has 2 amide bonds. The lowest BCUT2D eigenvalue weighted by Gasteiger charge is -2.17. The van der Waals surface area contributed by atoms with Crippen LogP contribution in [0, 0.1) is 23.7 Å². The number of anilines is 1. The van der Waals surface area contributed by atoms with Gasteiger partial charge in [-0.1, -0.05) is 35.9 Å². The van der Waals surface area contributed by atoms with Crippen LogP contribution >= 0.6 is 11.6 Å². The Balaban J connectivity index is 1.28. The summed E-state index contributed by atoms with van der Waals surface area (Å²) in [6, 6.07) is 13.5. The van der Waals surface area contributed by atoms with Crippen LogP contribution in [-0.2, 0) is 20.9 Å². The molecule has 29 heavy (non-hydrogen) atoms. The summed E-state index contributed by atoms with van der Waals surface area (Å²) in [5.74, 6) is -0.848. The number of hydrogen-bond donors (Lipinski definition) is 0. The highest BCUT2D eigenvalue weighted by Gasteiger charge is 2.59. The van der Waals surface area contributed by atoms with Gasteiger partial charge in [0.2, 0.25) is 11.8 Å². The van der Waals surface area contributed by atoms with Crippen molar-refractivity contribution >= 4 is 35.1 Å². The molecule has 2 aliphatic carbocycles. The third-order valence-corrected chi connectivity index (χ3v) is 6.37. The number of amides is 2. The minimum Gasteiger partial charge on any atom is -0.457 e. The molecule has 1 heterocycles. The molecule has 0 spiro atoms. The van der Waals surface area contributed by atoms with E-state index in [9.17, 15) is 14.4 Å². The lowest BCUT2D eigenvalue weighted by Crippen LogP contribution is -2.32. The van der Waals surface area contributed by atoms with Gasteiger partial charge in [-0.3, -0.25) is 14.5 Å². The molecule has 1 saturated carbocycles. The third-order valence-electron chi connectivity index (χ3n) is 6.11. The number of allylic oxidation sites excluding steroid dienone is 2. The van der Waals surface area contributed by atoms with Crippen molar-refractivity contribution in [1.82, 2.24) is 0 Å². The number of nitrogens with zero attached hydrogens (tertiary/aromatic N) is 1. The topological polar surface area (TPSA) is 63.7 Å². The molecular weight excluding hydrogens is 390 g/mol. The number of carbonyl (C=O) groups is 3. The Bertz CT molecular complexity index is 998. The van der Waals surface area contributed by atoms with Crippen molar-refractivity contribution in [1.29, 1.82) is 0 Å². The van der Waals surface area contributed by atoms with E-state index >= 15 is 0 Å². The van der Waals surface area contributed by atoms with Crippen LogP contribution in [0.15, 0.2) is 60.7 Å². The van der Waals surface area contributed by atoms with Gasteiger partial charge in [-0.2, -0.15) is 0 Å². The third kappa shape index (κ3) is 2.97. The van der Waals surface area contributed by atoms with Gasteiger partial charge >= 0.3 is 5.97 Å². The van der Waals surface area contributed by atoms with E-state index in [-0.39, 0.29) is 42.1 Å². The summed E-state index contributed by atoms with van der Waals surface area (Å²) in [5, 5.41) is 0.620. The number of esters is 1. The number of fused-ring (bicyclic) bond motifs is 5. The Kier molecular flexibility index (Phi) is 4.28. The Morgan fingerprint density at radius 1 is 0.931 bits per heavy atom. The van der Waals surface area contributed by atoms with Gasteiger partial charge in [0.25, 0.3) is 0 Å². The van der Waals surface area contributed by atoms with Gasteiger partial charge in [0.05, 0.1) is 23.1 Å². The van der Waals surface area contributed by atoms with Crippen LogP contribution in [-0.4, -0.2) is 17.8 Å². The summed E-state index contributed by atoms with van der Waals surface area (Å²) in [4.78, 5) is 39.3. The number of hydrogen-bond acceptors (Lipinski definition) is 4. The van der Waals surface area contributed by atoms with Gasteiger partial charge < -0.3 is 4.74 Å². The fourth-order valence-electron chi connectivity index (χ4n) is 4.72. The maximum atomic E-state index is 12.9. The van der Waals surface area contributed by atoms with Crippen LogP contribution in [0.2, 0.25) is 5.02 Å². The molecule has 0 unspecified atom stereocenters. The lowest BCUT2D eigenvalue weighted by molar-refractivity contribution is -0.123. The Hall–Kier alpha value is -2.92. The fourth-order valence-corrected chi connectivity index (χ4v) is 4.84. The predicted octanol–water partition coefficient (Wildman–Crippen LogP) is 4.01. The normalized spacial score (nSPS) is 26.9. The number of benzene rings is 2. The van der Waals surface area contributed by atoms with E-state index in [0.717, 1.165) is 12.0 Å². The van der Waals surface area contributed by atoms with E-state index in [1.54, 1.807) is 48.5 Å². The second kappa shape index (κ2) is 6.85. The van der Waals surface area contributed by atoms with Crippen LogP contribution in [0.1, 0.15) is 22.3 Å². The van der Waals surface area contributed by atoms with Crippen molar-refractivity contribution in [2.24, 2.45) is 23.7 Å². The van der Waals surface area contributed by atoms with E-state index in [1.165, 1.54) is 4.90 Å². The van der Waals surface area contributed by atoms with Gasteiger partial charge in [0, 0.05) is 5.02 Å². The second-order valence-electron chi connectivity index (χ2n) is 7.76. The lowest BCUT2D eigenvalue weighted by atomic mass is 9.85. The summed E-state index contributed by atoms with van der Waals surface area (Å²) in [7, 11) is 0. The van der Waals surface area contributed by atoms with Crippen LogP contribution in [0.5, 0.6) is 0 Å². The summed E-state index contributed by atoms with van der Waals surface area (Å²) < 4.78 is 5.32.